The van der Waals surface area contributed by atoms with Crippen molar-refractivity contribution < 1.29 is 9.53 Å². The lowest BCUT2D eigenvalue weighted by molar-refractivity contribution is -0.117. The number of hydrogen-bond acceptors (Lipinski definition) is 5. The largest absolute Gasteiger partial charge is 0.497 e. The van der Waals surface area contributed by atoms with E-state index in [0.29, 0.717) is 6.54 Å². The summed E-state index contributed by atoms with van der Waals surface area (Å²) in [4.78, 5) is 22.1. The molecule has 7 nitrogen and oxygen atoms in total. The zero-order chi connectivity index (χ0) is 24.0. The summed E-state index contributed by atoms with van der Waals surface area (Å²) in [6.07, 6.45) is 0. The first kappa shape index (κ1) is 23.1. The Morgan fingerprint density at radius 1 is 0.857 bits per heavy atom. The van der Waals surface area contributed by atoms with Crippen molar-refractivity contribution in [2.24, 2.45) is 0 Å². The molecule has 4 aromatic rings. The van der Waals surface area contributed by atoms with E-state index in [1.807, 2.05) is 36.4 Å². The molecule has 7 heteroatoms. The third kappa shape index (κ3) is 5.70. The molecular formula is C28H31N5O2. The second-order valence-electron chi connectivity index (χ2n) is 8.92. The van der Waals surface area contributed by atoms with Gasteiger partial charge in [0, 0.05) is 38.4 Å². The first-order valence-electron chi connectivity index (χ1n) is 12.0. The van der Waals surface area contributed by atoms with Crippen LogP contribution in [0, 0.1) is 0 Å². The van der Waals surface area contributed by atoms with Gasteiger partial charge in [0.25, 0.3) is 0 Å². The number of piperazine rings is 1. The number of benzene rings is 3. The van der Waals surface area contributed by atoms with Gasteiger partial charge in [-0.25, -0.2) is 4.98 Å². The fourth-order valence-corrected chi connectivity index (χ4v) is 4.57. The number of para-hydroxylation sites is 2. The summed E-state index contributed by atoms with van der Waals surface area (Å²) in [6.45, 7) is 5.53. The van der Waals surface area contributed by atoms with Crippen LogP contribution in [0.25, 0.3) is 11.0 Å². The Hall–Kier alpha value is -3.68. The average molecular weight is 470 g/mol. The van der Waals surface area contributed by atoms with Crippen LogP contribution in [0.15, 0.2) is 78.9 Å². The maximum absolute atomic E-state index is 12.5. The number of hydrogen-bond donors (Lipinski definition) is 1. The molecule has 1 saturated heterocycles. The van der Waals surface area contributed by atoms with Gasteiger partial charge in [0.2, 0.25) is 5.91 Å². The molecule has 0 bridgehead atoms. The zero-order valence-corrected chi connectivity index (χ0v) is 20.1. The lowest BCUT2D eigenvalue weighted by Crippen LogP contribution is -2.48. The van der Waals surface area contributed by atoms with Crippen molar-refractivity contribution >= 4 is 22.6 Å². The van der Waals surface area contributed by atoms with Crippen LogP contribution in [0.4, 0.5) is 5.69 Å². The summed E-state index contributed by atoms with van der Waals surface area (Å²) in [5.74, 6) is 1.87. The standard InChI is InChI=1S/C28H31N5O2/c1-35-24-13-11-23(12-14-24)29-28(34)21-32-17-15-31(16-18-32)20-27-30-25-9-5-6-10-26(25)33(27)19-22-7-3-2-4-8-22/h2-14H,15-21H2,1H3,(H,29,34). The van der Waals surface area contributed by atoms with Crippen LogP contribution in [-0.4, -0.2) is 65.1 Å². The van der Waals surface area contributed by atoms with Crippen molar-refractivity contribution in [2.45, 2.75) is 13.1 Å². The predicted molar refractivity (Wildman–Crippen MR) is 139 cm³/mol. The molecule has 0 atom stereocenters. The monoisotopic (exact) mass is 469 g/mol. The molecule has 0 saturated carbocycles. The molecule has 0 unspecified atom stereocenters. The number of methoxy groups -OCH3 is 1. The fraction of sp³-hybridized carbons (Fsp3) is 0.286. The molecule has 1 aromatic heterocycles. The number of carbonyl (C=O) groups is 1. The highest BCUT2D eigenvalue weighted by molar-refractivity contribution is 5.92. The summed E-state index contributed by atoms with van der Waals surface area (Å²) in [5, 5.41) is 2.97. The minimum Gasteiger partial charge on any atom is -0.497 e. The molecule has 1 aliphatic rings. The minimum absolute atomic E-state index is 0.00766. The number of rotatable bonds is 8. The molecule has 0 aliphatic carbocycles. The Morgan fingerprint density at radius 3 is 2.29 bits per heavy atom. The average Bonchev–Trinajstić information content (AvgIpc) is 3.23. The molecular weight excluding hydrogens is 438 g/mol. The Kier molecular flexibility index (Phi) is 7.07. The molecule has 2 heterocycles. The van der Waals surface area contributed by atoms with Gasteiger partial charge in [-0.3, -0.25) is 14.6 Å². The number of ether oxygens (including phenoxy) is 1. The smallest absolute Gasteiger partial charge is 0.238 e. The lowest BCUT2D eigenvalue weighted by Gasteiger charge is -2.34. The Balaban J connectivity index is 1.18. The predicted octanol–water partition coefficient (Wildman–Crippen LogP) is 3.85. The highest BCUT2D eigenvalue weighted by atomic mass is 16.5. The van der Waals surface area contributed by atoms with E-state index >= 15 is 0 Å². The zero-order valence-electron chi connectivity index (χ0n) is 20.1. The molecule has 180 valence electrons. The van der Waals surface area contributed by atoms with E-state index in [4.69, 9.17) is 9.72 Å². The highest BCUT2D eigenvalue weighted by Crippen LogP contribution is 2.20. The summed E-state index contributed by atoms with van der Waals surface area (Å²) in [5.41, 5.74) is 4.25. The van der Waals surface area contributed by atoms with Crippen LogP contribution in [0.5, 0.6) is 5.75 Å². The van der Waals surface area contributed by atoms with Crippen molar-refractivity contribution in [3.8, 4) is 5.75 Å². The van der Waals surface area contributed by atoms with Gasteiger partial charge >= 0.3 is 0 Å². The number of imidazole rings is 1. The van der Waals surface area contributed by atoms with Gasteiger partial charge in [0.15, 0.2) is 0 Å². The SMILES string of the molecule is COc1ccc(NC(=O)CN2CCN(Cc3nc4ccccc4n3Cc3ccccc3)CC2)cc1. The van der Waals surface area contributed by atoms with E-state index in [9.17, 15) is 4.79 Å². The third-order valence-electron chi connectivity index (χ3n) is 6.49. The van der Waals surface area contributed by atoms with E-state index < -0.39 is 0 Å². The van der Waals surface area contributed by atoms with Gasteiger partial charge < -0.3 is 14.6 Å². The molecule has 3 aromatic carbocycles. The van der Waals surface area contributed by atoms with E-state index in [1.54, 1.807) is 7.11 Å². The topological polar surface area (TPSA) is 62.6 Å². The van der Waals surface area contributed by atoms with Gasteiger partial charge in [0.05, 0.1) is 31.2 Å². The van der Waals surface area contributed by atoms with Gasteiger partial charge in [-0.1, -0.05) is 42.5 Å². The van der Waals surface area contributed by atoms with E-state index in [2.05, 4.69) is 62.1 Å². The van der Waals surface area contributed by atoms with Crippen molar-refractivity contribution in [1.29, 1.82) is 0 Å². The summed E-state index contributed by atoms with van der Waals surface area (Å²) >= 11 is 0. The Morgan fingerprint density at radius 2 is 1.54 bits per heavy atom. The van der Waals surface area contributed by atoms with Crippen molar-refractivity contribution in [1.82, 2.24) is 19.4 Å². The van der Waals surface area contributed by atoms with Gasteiger partial charge in [-0.05, 0) is 42.0 Å². The maximum Gasteiger partial charge on any atom is 0.238 e. The van der Waals surface area contributed by atoms with Crippen LogP contribution in [0.2, 0.25) is 0 Å². The van der Waals surface area contributed by atoms with Gasteiger partial charge in [-0.2, -0.15) is 0 Å². The third-order valence-corrected chi connectivity index (χ3v) is 6.49. The Labute approximate surface area is 205 Å². The molecule has 0 spiro atoms. The van der Waals surface area contributed by atoms with Crippen LogP contribution in [0.1, 0.15) is 11.4 Å². The van der Waals surface area contributed by atoms with Crippen molar-refractivity contribution in [3.05, 3.63) is 90.3 Å². The lowest BCUT2D eigenvalue weighted by atomic mass is 10.2. The second kappa shape index (κ2) is 10.7. The number of carbonyl (C=O) groups excluding carboxylic acids is 1. The molecule has 5 rings (SSSR count). The second-order valence-corrected chi connectivity index (χ2v) is 8.92. The number of nitrogens with one attached hydrogen (secondary N) is 1. The number of aromatic nitrogens is 2. The molecule has 35 heavy (non-hydrogen) atoms. The number of nitrogens with zero attached hydrogens (tertiary/aromatic N) is 4. The number of amides is 1. The van der Waals surface area contributed by atoms with Crippen LogP contribution < -0.4 is 10.1 Å². The fourth-order valence-electron chi connectivity index (χ4n) is 4.57. The van der Waals surface area contributed by atoms with Crippen molar-refractivity contribution in [2.75, 3.05) is 45.2 Å². The van der Waals surface area contributed by atoms with Crippen LogP contribution in [-0.2, 0) is 17.9 Å². The molecule has 1 fully saturated rings. The highest BCUT2D eigenvalue weighted by Gasteiger charge is 2.21. The Bertz CT molecular complexity index is 1260. The normalized spacial score (nSPS) is 14.8. The maximum atomic E-state index is 12.5. The quantitative estimate of drug-likeness (QED) is 0.425. The summed E-state index contributed by atoms with van der Waals surface area (Å²) in [6, 6.07) is 26.3. The number of anilines is 1. The first-order valence-corrected chi connectivity index (χ1v) is 12.0. The van der Waals surface area contributed by atoms with E-state index in [-0.39, 0.29) is 5.91 Å². The summed E-state index contributed by atoms with van der Waals surface area (Å²) < 4.78 is 7.50. The van der Waals surface area contributed by atoms with E-state index in [0.717, 1.165) is 62.0 Å². The number of fused-ring (bicyclic) bond motifs is 1. The van der Waals surface area contributed by atoms with Crippen LogP contribution in [0.3, 0.4) is 0 Å². The first-order chi connectivity index (χ1) is 17.2. The molecule has 1 aliphatic heterocycles. The van der Waals surface area contributed by atoms with Crippen LogP contribution >= 0.6 is 0 Å². The van der Waals surface area contributed by atoms with Gasteiger partial charge in [-0.15, -0.1) is 0 Å². The molecule has 0 radical (unpaired) electrons. The van der Waals surface area contributed by atoms with Gasteiger partial charge in [0.1, 0.15) is 11.6 Å². The minimum atomic E-state index is 0.00766. The molecule has 1 amide bonds. The summed E-state index contributed by atoms with van der Waals surface area (Å²) in [7, 11) is 1.63. The van der Waals surface area contributed by atoms with E-state index in [1.165, 1.54) is 11.1 Å². The molecule has 1 N–H and O–H groups in total. The van der Waals surface area contributed by atoms with Crippen molar-refractivity contribution in [3.63, 3.8) is 0 Å².